The summed E-state index contributed by atoms with van der Waals surface area (Å²) in [6, 6.07) is 14.6. The number of rotatable bonds is 4. The lowest BCUT2D eigenvalue weighted by Crippen LogP contribution is -2.48. The van der Waals surface area contributed by atoms with Crippen LogP contribution in [0.2, 0.25) is 5.02 Å². The molecule has 2 amide bonds. The van der Waals surface area contributed by atoms with E-state index in [0.717, 1.165) is 16.5 Å². The van der Waals surface area contributed by atoms with Gasteiger partial charge in [-0.15, -0.1) is 0 Å². The highest BCUT2D eigenvalue weighted by Crippen LogP contribution is 2.21. The molecule has 1 aliphatic rings. The lowest BCUT2D eigenvalue weighted by molar-refractivity contribution is -0.0586. The molecule has 2 heterocycles. The van der Waals surface area contributed by atoms with Crippen LogP contribution in [0, 0.1) is 6.92 Å². The first-order valence-electron chi connectivity index (χ1n) is 10.7. The van der Waals surface area contributed by atoms with Crippen molar-refractivity contribution in [3.05, 3.63) is 75.9 Å². The van der Waals surface area contributed by atoms with Crippen molar-refractivity contribution < 1.29 is 14.3 Å². The maximum atomic E-state index is 12.8. The lowest BCUT2D eigenvalue weighted by Gasteiger charge is -2.35. The molecule has 4 rings (SSSR count). The summed E-state index contributed by atoms with van der Waals surface area (Å²) in [4.78, 5) is 31.9. The van der Waals surface area contributed by atoms with Crippen molar-refractivity contribution >= 4 is 34.3 Å². The zero-order valence-corrected chi connectivity index (χ0v) is 19.1. The Labute approximate surface area is 192 Å². The van der Waals surface area contributed by atoms with E-state index >= 15 is 0 Å². The Balaban J connectivity index is 1.41. The molecule has 1 N–H and O–H groups in total. The maximum Gasteiger partial charge on any atom is 0.254 e. The summed E-state index contributed by atoms with van der Waals surface area (Å²) in [6.07, 6.45) is 0.0579. The van der Waals surface area contributed by atoms with Gasteiger partial charge in [-0.25, -0.2) is 0 Å². The van der Waals surface area contributed by atoms with Crippen molar-refractivity contribution in [1.29, 1.82) is 0 Å². The largest absolute Gasteiger partial charge is 0.372 e. The zero-order valence-electron chi connectivity index (χ0n) is 18.4. The van der Waals surface area contributed by atoms with E-state index in [9.17, 15) is 9.59 Å². The van der Waals surface area contributed by atoms with E-state index in [-0.39, 0.29) is 24.0 Å². The quantitative estimate of drug-likeness (QED) is 0.639. The number of hydrogen-bond donors (Lipinski definition) is 1. The van der Waals surface area contributed by atoms with Gasteiger partial charge in [0.15, 0.2) is 0 Å². The number of aromatic nitrogens is 1. The normalized spacial score (nSPS) is 18.6. The Bertz CT molecular complexity index is 1150. The number of amides is 2. The Morgan fingerprint density at radius 1 is 1.09 bits per heavy atom. The standard InChI is InChI=1S/C25H26ClN3O3/c1-15-13-29(14-16(2)32-15)25(31)19-6-4-18(5-7-19)12-27-24(30)22-11-20-10-21(26)8-9-23(20)28-17(22)3/h4-11,15-16H,12-14H2,1-3H3,(H,27,30). The SMILES string of the molecule is Cc1nc2ccc(Cl)cc2cc1C(=O)NCc1ccc(C(=O)N2CC(C)OC(C)C2)cc1. The second-order valence-corrected chi connectivity index (χ2v) is 8.74. The topological polar surface area (TPSA) is 71.5 Å². The van der Waals surface area contributed by atoms with Crippen molar-refractivity contribution in [3.63, 3.8) is 0 Å². The smallest absolute Gasteiger partial charge is 0.254 e. The molecule has 1 saturated heterocycles. The van der Waals surface area contributed by atoms with E-state index in [1.165, 1.54) is 0 Å². The minimum atomic E-state index is -0.201. The molecule has 0 saturated carbocycles. The number of nitrogens with one attached hydrogen (secondary N) is 1. The van der Waals surface area contributed by atoms with Gasteiger partial charge in [-0.3, -0.25) is 14.6 Å². The second kappa shape index (κ2) is 9.27. The van der Waals surface area contributed by atoms with Crippen molar-refractivity contribution in [2.45, 2.75) is 39.5 Å². The summed E-state index contributed by atoms with van der Waals surface area (Å²) in [5.74, 6) is -0.201. The Morgan fingerprint density at radius 3 is 2.47 bits per heavy atom. The molecule has 1 aromatic heterocycles. The fourth-order valence-electron chi connectivity index (χ4n) is 4.04. The molecule has 0 radical (unpaired) electrons. The summed E-state index contributed by atoms with van der Waals surface area (Å²) in [6.45, 7) is 7.30. The van der Waals surface area contributed by atoms with Gasteiger partial charge in [-0.1, -0.05) is 23.7 Å². The predicted octanol–water partition coefficient (Wildman–Crippen LogP) is 4.38. The maximum absolute atomic E-state index is 12.8. The molecule has 3 aromatic rings. The number of morpholine rings is 1. The van der Waals surface area contributed by atoms with Crippen molar-refractivity contribution in [3.8, 4) is 0 Å². The van der Waals surface area contributed by atoms with Gasteiger partial charge in [0.05, 0.1) is 29.0 Å². The molecule has 7 heteroatoms. The van der Waals surface area contributed by atoms with Gasteiger partial charge in [0, 0.05) is 35.6 Å². The van der Waals surface area contributed by atoms with E-state index in [2.05, 4.69) is 10.3 Å². The second-order valence-electron chi connectivity index (χ2n) is 8.31. The highest BCUT2D eigenvalue weighted by molar-refractivity contribution is 6.31. The number of carbonyl (C=O) groups excluding carboxylic acids is 2. The van der Waals surface area contributed by atoms with E-state index in [4.69, 9.17) is 16.3 Å². The zero-order chi connectivity index (χ0) is 22.8. The van der Waals surface area contributed by atoms with Crippen LogP contribution in [0.25, 0.3) is 10.9 Å². The number of nitrogens with zero attached hydrogens (tertiary/aromatic N) is 2. The number of hydrogen-bond acceptors (Lipinski definition) is 4. The molecule has 6 nitrogen and oxygen atoms in total. The van der Waals surface area contributed by atoms with Gasteiger partial charge >= 0.3 is 0 Å². The lowest BCUT2D eigenvalue weighted by atomic mass is 10.1. The van der Waals surface area contributed by atoms with E-state index in [1.54, 1.807) is 24.3 Å². The molecule has 166 valence electrons. The minimum Gasteiger partial charge on any atom is -0.372 e. The van der Waals surface area contributed by atoms with Crippen LogP contribution in [0.4, 0.5) is 0 Å². The van der Waals surface area contributed by atoms with E-state index in [0.29, 0.717) is 41.5 Å². The summed E-state index contributed by atoms with van der Waals surface area (Å²) in [5.41, 5.74) is 3.52. The molecule has 1 fully saturated rings. The van der Waals surface area contributed by atoms with Crippen LogP contribution < -0.4 is 5.32 Å². The highest BCUT2D eigenvalue weighted by atomic mass is 35.5. The Kier molecular flexibility index (Phi) is 6.44. The van der Waals surface area contributed by atoms with Crippen molar-refractivity contribution in [2.24, 2.45) is 0 Å². The average molecular weight is 452 g/mol. The first-order chi connectivity index (χ1) is 15.3. The minimum absolute atomic E-state index is 0.000825. The number of halogens is 1. The number of benzene rings is 2. The molecule has 1 aliphatic heterocycles. The van der Waals surface area contributed by atoms with Gasteiger partial charge in [0.2, 0.25) is 0 Å². The first-order valence-corrected chi connectivity index (χ1v) is 11.1. The fourth-order valence-corrected chi connectivity index (χ4v) is 4.22. The van der Waals surface area contributed by atoms with Gasteiger partial charge < -0.3 is 15.0 Å². The van der Waals surface area contributed by atoms with Crippen LogP contribution in [0.15, 0.2) is 48.5 Å². The molecular formula is C25H26ClN3O3. The first kappa shape index (κ1) is 22.2. The molecule has 2 unspecified atom stereocenters. The molecule has 0 spiro atoms. The third kappa shape index (κ3) is 4.92. The molecule has 0 aliphatic carbocycles. The highest BCUT2D eigenvalue weighted by Gasteiger charge is 2.26. The van der Waals surface area contributed by atoms with Crippen LogP contribution in [-0.2, 0) is 11.3 Å². The molecule has 0 bridgehead atoms. The van der Waals surface area contributed by atoms with Gasteiger partial charge in [0.25, 0.3) is 11.8 Å². The summed E-state index contributed by atoms with van der Waals surface area (Å²) >= 11 is 6.07. The molecule has 2 atom stereocenters. The Morgan fingerprint density at radius 2 is 1.78 bits per heavy atom. The fraction of sp³-hybridized carbons (Fsp3) is 0.320. The Hall–Kier alpha value is -2.96. The molecule has 2 aromatic carbocycles. The number of fused-ring (bicyclic) bond motifs is 1. The summed E-state index contributed by atoms with van der Waals surface area (Å²) in [5, 5.41) is 4.36. The number of ether oxygens (including phenoxy) is 1. The van der Waals surface area contributed by atoms with Gasteiger partial charge in [0.1, 0.15) is 0 Å². The monoisotopic (exact) mass is 451 g/mol. The van der Waals surface area contributed by atoms with Gasteiger partial charge in [-0.2, -0.15) is 0 Å². The van der Waals surface area contributed by atoms with Crippen LogP contribution >= 0.6 is 11.6 Å². The number of pyridine rings is 1. The van der Waals surface area contributed by atoms with Crippen molar-refractivity contribution in [1.82, 2.24) is 15.2 Å². The predicted molar refractivity (Wildman–Crippen MR) is 125 cm³/mol. The molecule has 32 heavy (non-hydrogen) atoms. The average Bonchev–Trinajstić information content (AvgIpc) is 2.76. The van der Waals surface area contributed by atoms with Crippen LogP contribution in [0.5, 0.6) is 0 Å². The number of aryl methyl sites for hydroxylation is 1. The summed E-state index contributed by atoms with van der Waals surface area (Å²) in [7, 11) is 0. The van der Waals surface area contributed by atoms with Crippen LogP contribution in [0.3, 0.4) is 0 Å². The van der Waals surface area contributed by atoms with Crippen molar-refractivity contribution in [2.75, 3.05) is 13.1 Å². The van der Waals surface area contributed by atoms with E-state index in [1.807, 2.05) is 49.9 Å². The van der Waals surface area contributed by atoms with E-state index < -0.39 is 0 Å². The van der Waals surface area contributed by atoms with Crippen LogP contribution in [0.1, 0.15) is 45.8 Å². The van der Waals surface area contributed by atoms with Crippen LogP contribution in [-0.4, -0.2) is 47.0 Å². The number of carbonyl (C=O) groups is 2. The molecular weight excluding hydrogens is 426 g/mol. The third-order valence-corrected chi connectivity index (χ3v) is 5.81. The third-order valence-electron chi connectivity index (χ3n) is 5.57. The van der Waals surface area contributed by atoms with Gasteiger partial charge in [-0.05, 0) is 62.7 Å². The summed E-state index contributed by atoms with van der Waals surface area (Å²) < 4.78 is 5.71.